The maximum absolute atomic E-state index is 2.39. The summed E-state index contributed by atoms with van der Waals surface area (Å²) in [6.45, 7) is 5.79. The smallest absolute Gasteiger partial charge is 0.169 e. The molecular weight excluding hydrogens is 422 g/mol. The minimum atomic E-state index is 1.19. The van der Waals surface area contributed by atoms with Gasteiger partial charge in [-0.1, -0.05) is 155 Å². The number of rotatable bonds is 27. The van der Waals surface area contributed by atoms with E-state index in [1.165, 1.54) is 179 Å². The molecule has 0 amide bonds. The van der Waals surface area contributed by atoms with Crippen LogP contribution in [0.15, 0.2) is 24.5 Å². The summed E-state index contributed by atoms with van der Waals surface area (Å²) in [5.74, 6) is 0. The first kappa shape index (κ1) is 32.2. The fourth-order valence-corrected chi connectivity index (χ4v) is 5.29. The van der Waals surface area contributed by atoms with Gasteiger partial charge in [0.2, 0.25) is 0 Å². The quantitative estimate of drug-likeness (QED) is 0.0859. The molecule has 0 aliphatic carbocycles. The van der Waals surface area contributed by atoms with E-state index in [4.69, 9.17) is 0 Å². The molecule has 1 aromatic heterocycles. The molecule has 0 saturated carbocycles. The van der Waals surface area contributed by atoms with Gasteiger partial charge in [-0.2, -0.15) is 0 Å². The summed E-state index contributed by atoms with van der Waals surface area (Å²) < 4.78 is 2.39. The van der Waals surface area contributed by atoms with E-state index in [1.807, 2.05) is 0 Å². The van der Waals surface area contributed by atoms with Crippen LogP contribution in [0.5, 0.6) is 0 Å². The number of hydrogen-bond acceptors (Lipinski definition) is 0. The lowest BCUT2D eigenvalue weighted by Crippen LogP contribution is -2.32. The Morgan fingerprint density at radius 3 is 1.09 bits per heavy atom. The molecule has 0 fully saturated rings. The van der Waals surface area contributed by atoms with E-state index in [0.29, 0.717) is 0 Å². The van der Waals surface area contributed by atoms with Gasteiger partial charge in [-0.15, -0.1) is 0 Å². The number of aryl methyl sites for hydroxylation is 2. The first-order valence-electron chi connectivity index (χ1n) is 16.3. The van der Waals surface area contributed by atoms with Gasteiger partial charge in [-0.3, -0.25) is 0 Å². The van der Waals surface area contributed by atoms with Gasteiger partial charge >= 0.3 is 0 Å². The molecule has 1 rings (SSSR count). The summed E-state index contributed by atoms with van der Waals surface area (Å²) in [6.07, 6.45) is 41.7. The Morgan fingerprint density at radius 1 is 0.400 bits per heavy atom. The second-order valence-corrected chi connectivity index (χ2v) is 11.3. The molecule has 0 saturated heterocycles. The Morgan fingerprint density at radius 2 is 0.714 bits per heavy atom. The Balaban J connectivity index is 1.83. The highest BCUT2D eigenvalue weighted by Crippen LogP contribution is 2.14. The Labute approximate surface area is 221 Å². The average molecular weight is 487 g/mol. The molecule has 0 atom stereocenters. The van der Waals surface area contributed by atoms with E-state index in [0.717, 1.165) is 0 Å². The fraction of sp³-hybridized carbons (Fsp3) is 0.853. The molecular formula is C34H64N+. The molecule has 35 heavy (non-hydrogen) atoms. The number of nitrogens with zero attached hydrogens (tertiary/aromatic N) is 1. The molecule has 0 radical (unpaired) electrons. The van der Waals surface area contributed by atoms with Crippen molar-refractivity contribution in [3.8, 4) is 0 Å². The normalized spacial score (nSPS) is 11.4. The van der Waals surface area contributed by atoms with E-state index in [1.54, 1.807) is 0 Å². The lowest BCUT2D eigenvalue weighted by Gasteiger charge is -2.04. The monoisotopic (exact) mass is 487 g/mol. The maximum Gasteiger partial charge on any atom is 0.169 e. The van der Waals surface area contributed by atoms with Crippen LogP contribution in [0.3, 0.4) is 0 Å². The van der Waals surface area contributed by atoms with Crippen molar-refractivity contribution in [2.75, 3.05) is 0 Å². The Hall–Kier alpha value is -0.850. The summed E-state index contributed by atoms with van der Waals surface area (Å²) >= 11 is 0. The SMILES string of the molecule is CCCCCCCCCCCCCCCCCCC[n+]1ccc(CCCCCCCCCC)cc1. The van der Waals surface area contributed by atoms with Gasteiger partial charge in [0.25, 0.3) is 0 Å². The summed E-state index contributed by atoms with van der Waals surface area (Å²) in [5.41, 5.74) is 1.52. The van der Waals surface area contributed by atoms with E-state index in [2.05, 4.69) is 42.9 Å². The minimum absolute atomic E-state index is 1.19. The van der Waals surface area contributed by atoms with Gasteiger partial charge in [0, 0.05) is 18.6 Å². The van der Waals surface area contributed by atoms with E-state index < -0.39 is 0 Å². The Kier molecular flexibility index (Phi) is 24.1. The van der Waals surface area contributed by atoms with Crippen molar-refractivity contribution in [1.82, 2.24) is 0 Å². The molecule has 0 N–H and O–H groups in total. The molecule has 0 unspecified atom stereocenters. The van der Waals surface area contributed by atoms with Crippen LogP contribution in [-0.2, 0) is 13.0 Å². The van der Waals surface area contributed by atoms with Crippen LogP contribution in [0.2, 0.25) is 0 Å². The van der Waals surface area contributed by atoms with Gasteiger partial charge in [-0.25, -0.2) is 4.57 Å². The second kappa shape index (κ2) is 26.2. The third-order valence-electron chi connectivity index (χ3n) is 7.80. The zero-order valence-corrected chi connectivity index (χ0v) is 24.3. The average Bonchev–Trinajstić information content (AvgIpc) is 2.88. The van der Waals surface area contributed by atoms with E-state index in [-0.39, 0.29) is 0 Å². The molecule has 0 bridgehead atoms. The summed E-state index contributed by atoms with van der Waals surface area (Å²) in [5, 5.41) is 0. The van der Waals surface area contributed by atoms with Gasteiger partial charge in [0.1, 0.15) is 6.54 Å². The standard InChI is InChI=1S/C34H64N/c1-3-5-7-9-11-13-14-15-16-17-18-19-20-21-23-25-27-31-35-32-29-34(30-33-35)28-26-24-22-12-10-8-6-4-2/h29-30,32-33H,3-28,31H2,1-2H3/q+1. The highest BCUT2D eigenvalue weighted by Gasteiger charge is 2.02. The molecule has 1 nitrogen and oxygen atoms in total. The van der Waals surface area contributed by atoms with Crippen LogP contribution in [0.4, 0.5) is 0 Å². The molecule has 1 heterocycles. The van der Waals surface area contributed by atoms with Crippen LogP contribution in [0.25, 0.3) is 0 Å². The molecule has 204 valence electrons. The van der Waals surface area contributed by atoms with Crippen molar-refractivity contribution in [3.05, 3.63) is 30.1 Å². The van der Waals surface area contributed by atoms with Crippen LogP contribution < -0.4 is 4.57 Å². The molecule has 0 aliphatic rings. The van der Waals surface area contributed by atoms with Crippen molar-refractivity contribution in [2.24, 2.45) is 0 Å². The van der Waals surface area contributed by atoms with Gasteiger partial charge in [0.15, 0.2) is 12.4 Å². The predicted molar refractivity (Wildman–Crippen MR) is 157 cm³/mol. The van der Waals surface area contributed by atoms with Crippen molar-refractivity contribution in [1.29, 1.82) is 0 Å². The molecule has 0 aliphatic heterocycles. The first-order chi connectivity index (χ1) is 17.4. The zero-order valence-electron chi connectivity index (χ0n) is 24.3. The number of aromatic nitrogens is 1. The van der Waals surface area contributed by atoms with Gasteiger partial charge in [-0.05, 0) is 24.8 Å². The third-order valence-corrected chi connectivity index (χ3v) is 7.80. The highest BCUT2D eigenvalue weighted by molar-refractivity contribution is 5.07. The first-order valence-corrected chi connectivity index (χ1v) is 16.3. The van der Waals surface area contributed by atoms with Crippen molar-refractivity contribution < 1.29 is 4.57 Å². The number of hydrogen-bond donors (Lipinski definition) is 0. The number of pyridine rings is 1. The third kappa shape index (κ3) is 22.1. The van der Waals surface area contributed by atoms with Gasteiger partial charge in [0.05, 0.1) is 0 Å². The van der Waals surface area contributed by atoms with Crippen LogP contribution in [0, 0.1) is 0 Å². The summed E-state index contributed by atoms with van der Waals surface area (Å²) in [4.78, 5) is 0. The molecule has 1 heteroatoms. The Bertz CT molecular complexity index is 520. The summed E-state index contributed by atoms with van der Waals surface area (Å²) in [7, 11) is 0. The van der Waals surface area contributed by atoms with E-state index in [9.17, 15) is 0 Å². The van der Waals surface area contributed by atoms with Gasteiger partial charge < -0.3 is 0 Å². The summed E-state index contributed by atoms with van der Waals surface area (Å²) in [6, 6.07) is 4.71. The largest absolute Gasteiger partial charge is 0.205 e. The molecule has 0 aromatic carbocycles. The van der Waals surface area contributed by atoms with Crippen LogP contribution in [0.1, 0.15) is 180 Å². The second-order valence-electron chi connectivity index (χ2n) is 11.3. The van der Waals surface area contributed by atoms with E-state index >= 15 is 0 Å². The lowest BCUT2D eigenvalue weighted by atomic mass is 10.0. The maximum atomic E-state index is 2.39. The topological polar surface area (TPSA) is 3.88 Å². The zero-order chi connectivity index (χ0) is 25.1. The van der Waals surface area contributed by atoms with Crippen LogP contribution >= 0.6 is 0 Å². The number of unbranched alkanes of at least 4 members (excludes halogenated alkanes) is 23. The van der Waals surface area contributed by atoms with Crippen molar-refractivity contribution in [2.45, 2.75) is 187 Å². The molecule has 1 aromatic rings. The van der Waals surface area contributed by atoms with Crippen LogP contribution in [-0.4, -0.2) is 0 Å². The lowest BCUT2D eigenvalue weighted by molar-refractivity contribution is -0.697. The van der Waals surface area contributed by atoms with Crippen molar-refractivity contribution >= 4 is 0 Å². The van der Waals surface area contributed by atoms with Crippen molar-refractivity contribution in [3.63, 3.8) is 0 Å². The highest BCUT2D eigenvalue weighted by atomic mass is 14.9. The predicted octanol–water partition coefficient (Wildman–Crippen LogP) is 11.3. The fourth-order valence-electron chi connectivity index (χ4n) is 5.29. The molecule has 0 spiro atoms. The minimum Gasteiger partial charge on any atom is -0.205 e.